The van der Waals surface area contributed by atoms with Gasteiger partial charge in [-0.15, -0.1) is 0 Å². The summed E-state index contributed by atoms with van der Waals surface area (Å²) >= 11 is 0. The van der Waals surface area contributed by atoms with E-state index in [4.69, 9.17) is 5.73 Å². The monoisotopic (exact) mass is 287 g/mol. The fourth-order valence-electron chi connectivity index (χ4n) is 1.36. The molecule has 0 radical (unpaired) electrons. The largest absolute Gasteiger partial charge is 0.379 e. The van der Waals surface area contributed by atoms with Crippen LogP contribution in [0.4, 0.5) is 11.4 Å². The highest BCUT2D eigenvalue weighted by molar-refractivity contribution is 7.90. The summed E-state index contributed by atoms with van der Waals surface area (Å²) in [5.41, 5.74) is 4.71. The van der Waals surface area contributed by atoms with Gasteiger partial charge in [0.05, 0.1) is 9.82 Å². The van der Waals surface area contributed by atoms with Crippen LogP contribution >= 0.6 is 0 Å². The Morgan fingerprint density at radius 2 is 2.11 bits per heavy atom. The number of sulfone groups is 1. The molecule has 0 fully saturated rings. The van der Waals surface area contributed by atoms with Crippen molar-refractivity contribution >= 4 is 27.1 Å². The smallest absolute Gasteiger partial charge is 0.293 e. The molecule has 0 bridgehead atoms. The van der Waals surface area contributed by atoms with Crippen LogP contribution in [0.5, 0.6) is 0 Å². The molecule has 0 unspecified atom stereocenters. The number of amides is 1. The molecule has 0 aliphatic heterocycles. The lowest BCUT2D eigenvalue weighted by molar-refractivity contribution is -0.384. The topological polar surface area (TPSA) is 132 Å². The Morgan fingerprint density at radius 3 is 2.58 bits per heavy atom. The van der Waals surface area contributed by atoms with Crippen LogP contribution in [0.15, 0.2) is 23.1 Å². The summed E-state index contributed by atoms with van der Waals surface area (Å²) in [5, 5.41) is 13.5. The van der Waals surface area contributed by atoms with Gasteiger partial charge in [-0.05, 0) is 12.1 Å². The second kappa shape index (κ2) is 5.65. The quantitative estimate of drug-likeness (QED) is 0.570. The maximum absolute atomic E-state index is 11.3. The van der Waals surface area contributed by atoms with Crippen LogP contribution in [0.25, 0.3) is 0 Å². The van der Waals surface area contributed by atoms with E-state index in [0.717, 1.165) is 12.3 Å². The third-order valence-electron chi connectivity index (χ3n) is 2.28. The zero-order chi connectivity index (χ0) is 14.6. The van der Waals surface area contributed by atoms with E-state index in [0.29, 0.717) is 0 Å². The lowest BCUT2D eigenvalue weighted by Crippen LogP contribution is -2.16. The number of hydrogen-bond acceptors (Lipinski definition) is 6. The normalized spacial score (nSPS) is 11.0. The third-order valence-corrected chi connectivity index (χ3v) is 3.39. The molecule has 9 heteroatoms. The zero-order valence-electron chi connectivity index (χ0n) is 10.1. The summed E-state index contributed by atoms with van der Waals surface area (Å²) in [6.07, 6.45) is 0.983. The Balaban J connectivity index is 3.06. The van der Waals surface area contributed by atoms with E-state index in [1.54, 1.807) is 0 Å². The van der Waals surface area contributed by atoms with E-state index in [1.807, 2.05) is 0 Å². The minimum atomic E-state index is -3.52. The number of anilines is 1. The van der Waals surface area contributed by atoms with Crippen molar-refractivity contribution in [3.8, 4) is 0 Å². The van der Waals surface area contributed by atoms with E-state index < -0.39 is 20.7 Å². The number of primary amides is 1. The van der Waals surface area contributed by atoms with Gasteiger partial charge >= 0.3 is 0 Å². The number of nitrogens with zero attached hydrogens (tertiary/aromatic N) is 1. The van der Waals surface area contributed by atoms with Crippen molar-refractivity contribution < 1.29 is 18.1 Å². The fourth-order valence-corrected chi connectivity index (χ4v) is 2.00. The summed E-state index contributed by atoms with van der Waals surface area (Å²) < 4.78 is 22.6. The average Bonchev–Trinajstić information content (AvgIpc) is 2.27. The highest BCUT2D eigenvalue weighted by atomic mass is 32.2. The molecule has 104 valence electrons. The first-order valence-corrected chi connectivity index (χ1v) is 7.11. The van der Waals surface area contributed by atoms with E-state index in [1.165, 1.54) is 12.1 Å². The van der Waals surface area contributed by atoms with Crippen molar-refractivity contribution in [2.75, 3.05) is 18.1 Å². The van der Waals surface area contributed by atoms with Crippen LogP contribution in [0.2, 0.25) is 0 Å². The number of nitro groups is 1. The predicted octanol–water partition coefficient (Wildman–Crippen LogP) is 0.286. The molecule has 1 amide bonds. The maximum Gasteiger partial charge on any atom is 0.293 e. The Hall–Kier alpha value is -2.16. The number of carbonyl (C=O) groups is 1. The molecule has 0 saturated carbocycles. The van der Waals surface area contributed by atoms with Crippen molar-refractivity contribution in [1.29, 1.82) is 0 Å². The van der Waals surface area contributed by atoms with Crippen LogP contribution in [0, 0.1) is 10.1 Å². The number of nitrogens with two attached hydrogens (primary N) is 1. The number of carbonyl (C=O) groups excluding carboxylic acids is 1. The van der Waals surface area contributed by atoms with E-state index in [-0.39, 0.29) is 29.2 Å². The first-order valence-electron chi connectivity index (χ1n) is 5.22. The van der Waals surface area contributed by atoms with Crippen LogP contribution in [0.1, 0.15) is 6.42 Å². The van der Waals surface area contributed by atoms with Gasteiger partial charge in [-0.2, -0.15) is 0 Å². The van der Waals surface area contributed by atoms with Gasteiger partial charge in [0.25, 0.3) is 5.69 Å². The molecule has 8 nitrogen and oxygen atoms in total. The van der Waals surface area contributed by atoms with Gasteiger partial charge < -0.3 is 11.1 Å². The summed E-state index contributed by atoms with van der Waals surface area (Å²) in [7, 11) is -3.52. The molecule has 3 N–H and O–H groups in total. The van der Waals surface area contributed by atoms with E-state index in [9.17, 15) is 23.3 Å². The van der Waals surface area contributed by atoms with Gasteiger partial charge in [0.2, 0.25) is 5.91 Å². The average molecular weight is 287 g/mol. The molecule has 0 spiro atoms. The first-order chi connectivity index (χ1) is 8.71. The van der Waals surface area contributed by atoms with Crippen LogP contribution in [0.3, 0.4) is 0 Å². The second-order valence-corrected chi connectivity index (χ2v) is 5.87. The van der Waals surface area contributed by atoms with Gasteiger partial charge in [-0.3, -0.25) is 14.9 Å². The highest BCUT2D eigenvalue weighted by Gasteiger charge is 2.18. The molecule has 0 aromatic heterocycles. The van der Waals surface area contributed by atoms with Crippen LogP contribution in [-0.2, 0) is 14.6 Å². The highest BCUT2D eigenvalue weighted by Crippen LogP contribution is 2.27. The summed E-state index contributed by atoms with van der Waals surface area (Å²) in [5.74, 6) is -0.539. The molecule has 1 rings (SSSR count). The van der Waals surface area contributed by atoms with Crippen LogP contribution < -0.4 is 11.1 Å². The Kier molecular flexibility index (Phi) is 4.43. The molecule has 19 heavy (non-hydrogen) atoms. The standard InChI is InChI=1S/C10H13N3O5S/c1-19(17,18)7-2-3-8(9(6-7)13(15)16)12-5-4-10(11)14/h2-3,6,12H,4-5H2,1H3,(H2,11,14). The minimum Gasteiger partial charge on any atom is -0.379 e. The summed E-state index contributed by atoms with van der Waals surface area (Å²) in [4.78, 5) is 20.6. The van der Waals surface area contributed by atoms with Crippen molar-refractivity contribution in [3.63, 3.8) is 0 Å². The van der Waals surface area contributed by atoms with E-state index in [2.05, 4.69) is 5.32 Å². The SMILES string of the molecule is CS(=O)(=O)c1ccc(NCCC(N)=O)c([N+](=O)[O-])c1. The molecule has 0 heterocycles. The molecular weight excluding hydrogens is 274 g/mol. The number of hydrogen-bond donors (Lipinski definition) is 2. The second-order valence-electron chi connectivity index (χ2n) is 3.85. The van der Waals surface area contributed by atoms with Crippen molar-refractivity contribution in [2.24, 2.45) is 5.73 Å². The molecule has 0 aliphatic carbocycles. The summed E-state index contributed by atoms with van der Waals surface area (Å²) in [6, 6.07) is 3.52. The number of rotatable bonds is 6. The van der Waals surface area contributed by atoms with Gasteiger partial charge in [0, 0.05) is 25.3 Å². The Morgan fingerprint density at radius 1 is 1.47 bits per heavy atom. The zero-order valence-corrected chi connectivity index (χ0v) is 10.9. The molecule has 1 aromatic carbocycles. The Bertz CT molecular complexity index is 612. The molecule has 1 aromatic rings. The van der Waals surface area contributed by atoms with Gasteiger partial charge in [0.15, 0.2) is 9.84 Å². The first kappa shape index (κ1) is 14.9. The lowest BCUT2D eigenvalue weighted by atomic mass is 10.2. The minimum absolute atomic E-state index is 0.0188. The van der Waals surface area contributed by atoms with Crippen LogP contribution in [-0.4, -0.2) is 32.0 Å². The fraction of sp³-hybridized carbons (Fsp3) is 0.300. The number of nitrogens with one attached hydrogen (secondary N) is 1. The van der Waals surface area contributed by atoms with Gasteiger partial charge in [-0.25, -0.2) is 8.42 Å². The molecular formula is C10H13N3O5S. The third kappa shape index (κ3) is 4.21. The predicted molar refractivity (Wildman–Crippen MR) is 68.5 cm³/mol. The number of nitro benzene ring substituents is 1. The molecule has 0 atom stereocenters. The van der Waals surface area contributed by atoms with Gasteiger partial charge in [0.1, 0.15) is 5.69 Å². The lowest BCUT2D eigenvalue weighted by Gasteiger charge is -2.07. The van der Waals surface area contributed by atoms with Crippen molar-refractivity contribution in [2.45, 2.75) is 11.3 Å². The van der Waals surface area contributed by atoms with Crippen molar-refractivity contribution in [1.82, 2.24) is 0 Å². The number of benzene rings is 1. The van der Waals surface area contributed by atoms with Gasteiger partial charge in [-0.1, -0.05) is 0 Å². The van der Waals surface area contributed by atoms with E-state index >= 15 is 0 Å². The molecule has 0 saturated heterocycles. The van der Waals surface area contributed by atoms with Crippen molar-refractivity contribution in [3.05, 3.63) is 28.3 Å². The summed E-state index contributed by atoms with van der Waals surface area (Å²) in [6.45, 7) is 0.133. The Labute approximate surface area is 109 Å². The molecule has 0 aliphatic rings. The maximum atomic E-state index is 11.3.